The second-order valence-electron chi connectivity index (χ2n) is 2.95. The summed E-state index contributed by atoms with van der Waals surface area (Å²) in [7, 11) is 1.31. The number of rotatable bonds is 4. The van der Waals surface area contributed by atoms with E-state index in [1.165, 1.54) is 13.3 Å². The Morgan fingerprint density at radius 1 is 1.62 bits per heavy atom. The predicted molar refractivity (Wildman–Crippen MR) is 57.7 cm³/mol. The quantitative estimate of drug-likeness (QED) is 0.801. The number of nitrogens with zero attached hydrogens (tertiary/aromatic N) is 2. The minimum Gasteiger partial charge on any atom is -0.496 e. The van der Waals surface area contributed by atoms with Gasteiger partial charge in [-0.15, -0.1) is 0 Å². The summed E-state index contributed by atoms with van der Waals surface area (Å²) in [5.74, 6) is 0.0565. The maximum absolute atomic E-state index is 12.9. The van der Waals surface area contributed by atoms with Crippen molar-refractivity contribution in [1.29, 1.82) is 5.26 Å². The SMILES string of the molecule is COc1c(CC#N)cnc(CBr)c1C(F)F. The molecule has 0 saturated carbocycles. The molecule has 0 aliphatic rings. The molecule has 0 aliphatic carbocycles. The van der Waals surface area contributed by atoms with Gasteiger partial charge in [-0.1, -0.05) is 15.9 Å². The first-order valence-electron chi connectivity index (χ1n) is 4.41. The highest BCUT2D eigenvalue weighted by Crippen LogP contribution is 2.34. The summed E-state index contributed by atoms with van der Waals surface area (Å²) in [6.07, 6.45) is -1.28. The number of ether oxygens (including phenoxy) is 1. The average molecular weight is 291 g/mol. The maximum Gasteiger partial charge on any atom is 0.269 e. The van der Waals surface area contributed by atoms with Gasteiger partial charge in [0.1, 0.15) is 5.75 Å². The molecule has 0 aliphatic heterocycles. The van der Waals surface area contributed by atoms with Crippen molar-refractivity contribution in [3.8, 4) is 11.8 Å². The first-order valence-corrected chi connectivity index (χ1v) is 5.53. The molecule has 1 aromatic heterocycles. The Kier molecular flexibility index (Phi) is 4.62. The van der Waals surface area contributed by atoms with Crippen LogP contribution in [-0.2, 0) is 11.8 Å². The van der Waals surface area contributed by atoms with Crippen LogP contribution < -0.4 is 4.74 Å². The highest BCUT2D eigenvalue weighted by Gasteiger charge is 2.22. The molecule has 1 heterocycles. The monoisotopic (exact) mass is 290 g/mol. The van der Waals surface area contributed by atoms with Crippen LogP contribution >= 0.6 is 15.9 Å². The van der Waals surface area contributed by atoms with Gasteiger partial charge in [0.25, 0.3) is 6.43 Å². The van der Waals surface area contributed by atoms with E-state index in [-0.39, 0.29) is 28.8 Å². The third kappa shape index (κ3) is 2.47. The van der Waals surface area contributed by atoms with Gasteiger partial charge < -0.3 is 4.74 Å². The van der Waals surface area contributed by atoms with Crippen LogP contribution in [0.4, 0.5) is 8.78 Å². The standard InChI is InChI=1S/C10H9BrF2N2O/c1-16-9-6(2-3-14)5-15-7(4-11)8(9)10(12)13/h5,10H,2,4H2,1H3. The summed E-state index contributed by atoms with van der Waals surface area (Å²) in [6, 6.07) is 1.89. The third-order valence-electron chi connectivity index (χ3n) is 2.04. The van der Waals surface area contributed by atoms with Gasteiger partial charge in [-0.3, -0.25) is 4.98 Å². The fourth-order valence-electron chi connectivity index (χ4n) is 1.37. The molecule has 0 unspecified atom stereocenters. The highest BCUT2D eigenvalue weighted by molar-refractivity contribution is 9.08. The lowest BCUT2D eigenvalue weighted by atomic mass is 10.1. The van der Waals surface area contributed by atoms with E-state index in [9.17, 15) is 8.78 Å². The van der Waals surface area contributed by atoms with Crippen LogP contribution in [0.5, 0.6) is 5.75 Å². The Morgan fingerprint density at radius 3 is 2.75 bits per heavy atom. The number of halogens is 3. The molecule has 0 N–H and O–H groups in total. The van der Waals surface area contributed by atoms with E-state index in [0.717, 1.165) is 0 Å². The second-order valence-corrected chi connectivity index (χ2v) is 3.51. The molecule has 0 radical (unpaired) electrons. The van der Waals surface area contributed by atoms with Gasteiger partial charge in [0.2, 0.25) is 0 Å². The van der Waals surface area contributed by atoms with E-state index < -0.39 is 6.43 Å². The molecule has 6 heteroatoms. The van der Waals surface area contributed by atoms with Crippen molar-refractivity contribution in [2.45, 2.75) is 18.2 Å². The van der Waals surface area contributed by atoms with E-state index >= 15 is 0 Å². The number of methoxy groups -OCH3 is 1. The molecule has 86 valence electrons. The maximum atomic E-state index is 12.9. The summed E-state index contributed by atoms with van der Waals surface area (Å²) in [5, 5.41) is 8.78. The topological polar surface area (TPSA) is 45.9 Å². The average Bonchev–Trinajstić information content (AvgIpc) is 2.28. The minimum absolute atomic E-state index is 0.00153. The Balaban J connectivity index is 3.38. The van der Waals surface area contributed by atoms with Crippen molar-refractivity contribution in [3.05, 3.63) is 23.0 Å². The highest BCUT2D eigenvalue weighted by atomic mass is 79.9. The van der Waals surface area contributed by atoms with E-state index in [1.54, 1.807) is 0 Å². The van der Waals surface area contributed by atoms with Crippen molar-refractivity contribution in [1.82, 2.24) is 4.98 Å². The molecule has 0 atom stereocenters. The zero-order valence-corrected chi connectivity index (χ0v) is 10.1. The molecule has 0 spiro atoms. The number of hydrogen-bond donors (Lipinski definition) is 0. The molecule has 0 fully saturated rings. The molecule has 1 aromatic rings. The van der Waals surface area contributed by atoms with Gasteiger partial charge in [-0.25, -0.2) is 8.78 Å². The van der Waals surface area contributed by atoms with Crippen LogP contribution in [-0.4, -0.2) is 12.1 Å². The van der Waals surface area contributed by atoms with Gasteiger partial charge in [0.15, 0.2) is 0 Å². The first kappa shape index (κ1) is 12.8. The van der Waals surface area contributed by atoms with Crippen molar-refractivity contribution >= 4 is 15.9 Å². The van der Waals surface area contributed by atoms with Crippen LogP contribution in [0.15, 0.2) is 6.20 Å². The largest absolute Gasteiger partial charge is 0.496 e. The number of nitriles is 1. The zero-order chi connectivity index (χ0) is 12.1. The van der Waals surface area contributed by atoms with Gasteiger partial charge in [0.05, 0.1) is 30.9 Å². The predicted octanol–water partition coefficient (Wildman–Crippen LogP) is 2.99. The van der Waals surface area contributed by atoms with Gasteiger partial charge in [0, 0.05) is 17.1 Å². The van der Waals surface area contributed by atoms with Crippen molar-refractivity contribution in [3.63, 3.8) is 0 Å². The number of alkyl halides is 3. The van der Waals surface area contributed by atoms with Crippen LogP contribution in [0.3, 0.4) is 0 Å². The van der Waals surface area contributed by atoms with E-state index in [4.69, 9.17) is 10.00 Å². The summed E-state index contributed by atoms with van der Waals surface area (Å²) in [6.45, 7) is 0. The van der Waals surface area contributed by atoms with Gasteiger partial charge in [-0.2, -0.15) is 5.26 Å². The lowest BCUT2D eigenvalue weighted by Crippen LogP contribution is -2.04. The minimum atomic E-state index is -2.67. The van der Waals surface area contributed by atoms with Crippen molar-refractivity contribution < 1.29 is 13.5 Å². The van der Waals surface area contributed by atoms with E-state index in [0.29, 0.717) is 5.56 Å². The molecule has 0 bridgehead atoms. The van der Waals surface area contributed by atoms with Crippen molar-refractivity contribution in [2.24, 2.45) is 0 Å². The summed E-state index contributed by atoms with van der Waals surface area (Å²) in [4.78, 5) is 3.89. The van der Waals surface area contributed by atoms with Crippen LogP contribution in [0, 0.1) is 11.3 Å². The Hall–Kier alpha value is -1.22. The summed E-state index contributed by atoms with van der Waals surface area (Å²) >= 11 is 3.09. The third-order valence-corrected chi connectivity index (χ3v) is 2.57. The Morgan fingerprint density at radius 2 is 2.31 bits per heavy atom. The Bertz CT molecular complexity index is 418. The molecule has 0 aromatic carbocycles. The number of hydrogen-bond acceptors (Lipinski definition) is 3. The first-order chi connectivity index (χ1) is 7.65. The summed E-state index contributed by atoms with van der Waals surface area (Å²) < 4.78 is 30.7. The lowest BCUT2D eigenvalue weighted by molar-refractivity contribution is 0.145. The van der Waals surface area contributed by atoms with Crippen LogP contribution in [0.25, 0.3) is 0 Å². The van der Waals surface area contributed by atoms with Crippen LogP contribution in [0.1, 0.15) is 23.2 Å². The number of pyridine rings is 1. The van der Waals surface area contributed by atoms with E-state index in [2.05, 4.69) is 20.9 Å². The second kappa shape index (κ2) is 5.75. The molecule has 1 rings (SSSR count). The lowest BCUT2D eigenvalue weighted by Gasteiger charge is -2.13. The molecule has 0 amide bonds. The zero-order valence-electron chi connectivity index (χ0n) is 8.51. The fourth-order valence-corrected chi connectivity index (χ4v) is 1.82. The molecular formula is C10H9BrF2N2O. The molecule has 3 nitrogen and oxygen atoms in total. The van der Waals surface area contributed by atoms with E-state index in [1.807, 2.05) is 6.07 Å². The van der Waals surface area contributed by atoms with Crippen LogP contribution in [0.2, 0.25) is 0 Å². The number of aromatic nitrogens is 1. The van der Waals surface area contributed by atoms with Crippen molar-refractivity contribution in [2.75, 3.05) is 7.11 Å². The fraction of sp³-hybridized carbons (Fsp3) is 0.400. The normalized spacial score (nSPS) is 10.2. The Labute approximate surface area is 100 Å². The molecule has 0 saturated heterocycles. The summed E-state index contributed by atoms with van der Waals surface area (Å²) in [5.41, 5.74) is 0.366. The smallest absolute Gasteiger partial charge is 0.269 e. The van der Waals surface area contributed by atoms with Gasteiger partial charge >= 0.3 is 0 Å². The molecular weight excluding hydrogens is 282 g/mol. The molecule has 16 heavy (non-hydrogen) atoms. The van der Waals surface area contributed by atoms with Gasteiger partial charge in [-0.05, 0) is 0 Å².